The number of benzene rings is 1. The van der Waals surface area contributed by atoms with Gasteiger partial charge in [0.25, 0.3) is 0 Å². The molecule has 1 unspecified atom stereocenters. The van der Waals surface area contributed by atoms with Crippen LogP contribution in [0.4, 0.5) is 5.69 Å². The first kappa shape index (κ1) is 13.3. The smallest absolute Gasteiger partial charge is 0.391 e. The topological polar surface area (TPSA) is 42.4 Å². The molecule has 0 saturated carbocycles. The molecule has 1 aliphatic heterocycles. The van der Waals surface area contributed by atoms with Crippen molar-refractivity contribution in [3.63, 3.8) is 0 Å². The molecule has 2 aromatic rings. The molecule has 1 fully saturated rings. The summed E-state index contributed by atoms with van der Waals surface area (Å²) in [5.74, 6) is 0. The Morgan fingerprint density at radius 1 is 1.15 bits per heavy atom. The Hall–Kier alpha value is -1.69. The fourth-order valence-corrected chi connectivity index (χ4v) is 2.97. The molecule has 1 aromatic heterocycles. The highest BCUT2D eigenvalue weighted by atomic mass is 16.5. The summed E-state index contributed by atoms with van der Waals surface area (Å²) in [6.45, 7) is 2.29. The number of quaternary nitrogens is 1. The summed E-state index contributed by atoms with van der Waals surface area (Å²) in [4.78, 5) is 4.44. The van der Waals surface area contributed by atoms with Gasteiger partial charge in [-0.1, -0.05) is 24.3 Å². The van der Waals surface area contributed by atoms with Gasteiger partial charge in [-0.15, -0.1) is 0 Å². The number of rotatable bonds is 4. The molecule has 1 aromatic carbocycles. The molecular weight excluding hydrogens is 251 g/mol. The molecule has 2 heterocycles. The first-order chi connectivity index (χ1) is 9.87. The summed E-state index contributed by atoms with van der Waals surface area (Å²) in [5.41, 5.74) is 2.08. The van der Waals surface area contributed by atoms with Crippen LogP contribution in [0, 0.1) is 0 Å². The third-order valence-electron chi connectivity index (χ3n) is 3.93. The Morgan fingerprint density at radius 2 is 1.95 bits per heavy atom. The third kappa shape index (κ3) is 2.24. The maximum absolute atomic E-state index is 9.53. The van der Waals surface area contributed by atoms with Gasteiger partial charge >= 0.3 is 7.05 Å². The lowest BCUT2D eigenvalue weighted by atomic mass is 9.72. The molecular formula is C15H18BN2O2+. The van der Waals surface area contributed by atoms with Crippen LogP contribution in [0.15, 0.2) is 54.7 Å². The zero-order valence-electron chi connectivity index (χ0n) is 11.4. The molecule has 0 amide bonds. The lowest BCUT2D eigenvalue weighted by molar-refractivity contribution is 0.260. The molecule has 4 nitrogen and oxygen atoms in total. The van der Waals surface area contributed by atoms with Crippen LogP contribution in [0.2, 0.25) is 0 Å². The SMILES string of the molecule is OCC[N+]1(c2ccccc2)CCOB1c1ccccn1. The zero-order valence-corrected chi connectivity index (χ0v) is 11.4. The van der Waals surface area contributed by atoms with Crippen LogP contribution < -0.4 is 9.99 Å². The van der Waals surface area contributed by atoms with E-state index in [0.717, 1.165) is 17.8 Å². The van der Waals surface area contributed by atoms with Gasteiger partial charge in [-0.3, -0.25) is 4.98 Å². The fraction of sp³-hybridized carbons (Fsp3) is 0.267. The van der Waals surface area contributed by atoms with Gasteiger partial charge in [-0.2, -0.15) is 0 Å². The molecule has 0 aliphatic carbocycles. The van der Waals surface area contributed by atoms with Crippen molar-refractivity contribution in [1.29, 1.82) is 0 Å². The van der Waals surface area contributed by atoms with Gasteiger partial charge in [0.15, 0.2) is 0 Å². The van der Waals surface area contributed by atoms with Gasteiger partial charge in [-0.05, 0) is 24.3 Å². The summed E-state index contributed by atoms with van der Waals surface area (Å²) >= 11 is 0. The number of nitrogens with zero attached hydrogens (tertiary/aromatic N) is 2. The van der Waals surface area contributed by atoms with Crippen molar-refractivity contribution in [2.75, 3.05) is 26.3 Å². The number of para-hydroxylation sites is 1. The van der Waals surface area contributed by atoms with Crippen molar-refractivity contribution in [2.24, 2.45) is 0 Å². The molecule has 102 valence electrons. The average Bonchev–Trinajstić information content (AvgIpc) is 2.94. The number of hydrogen-bond acceptors (Lipinski definition) is 3. The minimum Gasteiger partial charge on any atom is -0.391 e. The summed E-state index contributed by atoms with van der Waals surface area (Å²) < 4.78 is 6.57. The first-order valence-corrected chi connectivity index (χ1v) is 6.92. The molecule has 1 aliphatic rings. The molecule has 1 saturated heterocycles. The Bertz CT molecular complexity index is 552. The van der Waals surface area contributed by atoms with Crippen LogP contribution in [0.3, 0.4) is 0 Å². The van der Waals surface area contributed by atoms with E-state index in [-0.39, 0.29) is 13.7 Å². The van der Waals surface area contributed by atoms with Crippen molar-refractivity contribution in [2.45, 2.75) is 0 Å². The molecule has 5 heteroatoms. The highest BCUT2D eigenvalue weighted by molar-refractivity contribution is 6.68. The van der Waals surface area contributed by atoms with Crippen molar-refractivity contribution in [3.8, 4) is 0 Å². The van der Waals surface area contributed by atoms with Gasteiger partial charge in [0.05, 0.1) is 26.3 Å². The summed E-state index contributed by atoms with van der Waals surface area (Å²) in [5, 5.41) is 9.53. The Balaban J connectivity index is 2.05. The Kier molecular flexibility index (Phi) is 3.82. The van der Waals surface area contributed by atoms with Crippen LogP contribution in [0.5, 0.6) is 0 Å². The molecule has 0 spiro atoms. The van der Waals surface area contributed by atoms with E-state index in [1.165, 1.54) is 0 Å². The molecule has 1 N–H and O–H groups in total. The minimum atomic E-state index is -0.147. The number of aliphatic hydroxyl groups is 1. The van der Waals surface area contributed by atoms with E-state index >= 15 is 0 Å². The number of aromatic nitrogens is 1. The lowest BCUT2D eigenvalue weighted by Gasteiger charge is -2.35. The van der Waals surface area contributed by atoms with Gasteiger partial charge in [0.2, 0.25) is 0 Å². The first-order valence-electron chi connectivity index (χ1n) is 6.92. The zero-order chi connectivity index (χ0) is 13.8. The van der Waals surface area contributed by atoms with Gasteiger partial charge in [-0.25, -0.2) is 0 Å². The minimum absolute atomic E-state index is 0.127. The second-order valence-corrected chi connectivity index (χ2v) is 5.02. The van der Waals surface area contributed by atoms with Gasteiger partial charge in [0, 0.05) is 6.20 Å². The van der Waals surface area contributed by atoms with Crippen LogP contribution >= 0.6 is 0 Å². The molecule has 0 radical (unpaired) electrons. The van der Waals surface area contributed by atoms with Gasteiger partial charge < -0.3 is 14.2 Å². The molecule has 1 atom stereocenters. The van der Waals surface area contributed by atoms with E-state index in [2.05, 4.69) is 17.1 Å². The molecule has 3 rings (SSSR count). The van der Waals surface area contributed by atoms with E-state index < -0.39 is 0 Å². The monoisotopic (exact) mass is 269 g/mol. The molecule has 20 heavy (non-hydrogen) atoms. The van der Waals surface area contributed by atoms with Crippen LogP contribution in [0.25, 0.3) is 0 Å². The standard InChI is InChI=1S/C15H18BN2O2/c19-12-10-18(14-6-2-1-3-7-14)11-13-20-16(18)15-8-4-5-9-17-15/h1-9,19H,10-13H2/q+1. The van der Waals surface area contributed by atoms with E-state index in [1.54, 1.807) is 6.20 Å². The largest absolute Gasteiger partial charge is 0.635 e. The van der Waals surface area contributed by atoms with Crippen LogP contribution in [-0.2, 0) is 4.65 Å². The second kappa shape index (κ2) is 5.75. The Morgan fingerprint density at radius 3 is 2.65 bits per heavy atom. The normalized spacial score (nSPS) is 22.1. The fourth-order valence-electron chi connectivity index (χ4n) is 2.97. The number of hydrogen-bond donors (Lipinski definition) is 1. The predicted octanol–water partition coefficient (Wildman–Crippen LogP) is 0.807. The van der Waals surface area contributed by atoms with E-state index in [0.29, 0.717) is 17.5 Å². The van der Waals surface area contributed by atoms with Crippen molar-refractivity contribution in [1.82, 2.24) is 9.38 Å². The van der Waals surface area contributed by atoms with E-state index in [1.807, 2.05) is 36.4 Å². The van der Waals surface area contributed by atoms with Crippen molar-refractivity contribution in [3.05, 3.63) is 54.7 Å². The van der Waals surface area contributed by atoms with Crippen LogP contribution in [-0.4, -0.2) is 43.4 Å². The summed E-state index contributed by atoms with van der Waals surface area (Å²) in [6.07, 6.45) is 1.79. The molecule has 0 bridgehead atoms. The van der Waals surface area contributed by atoms with Crippen molar-refractivity contribution >= 4 is 18.3 Å². The second-order valence-electron chi connectivity index (χ2n) is 5.02. The summed E-state index contributed by atoms with van der Waals surface area (Å²) in [7, 11) is -0.147. The van der Waals surface area contributed by atoms with E-state index in [9.17, 15) is 5.11 Å². The maximum atomic E-state index is 9.53. The highest BCUT2D eigenvalue weighted by Gasteiger charge is 2.53. The third-order valence-corrected chi connectivity index (χ3v) is 3.93. The van der Waals surface area contributed by atoms with Crippen molar-refractivity contribution < 1.29 is 9.76 Å². The maximum Gasteiger partial charge on any atom is 0.635 e. The van der Waals surface area contributed by atoms with Crippen LogP contribution in [0.1, 0.15) is 0 Å². The van der Waals surface area contributed by atoms with Gasteiger partial charge in [0.1, 0.15) is 11.3 Å². The summed E-state index contributed by atoms with van der Waals surface area (Å²) in [6, 6.07) is 16.1. The highest BCUT2D eigenvalue weighted by Crippen LogP contribution is 2.28. The number of pyridine rings is 1. The number of aliphatic hydroxyl groups excluding tert-OH is 1. The van der Waals surface area contributed by atoms with E-state index in [4.69, 9.17) is 4.65 Å². The average molecular weight is 269 g/mol. The quantitative estimate of drug-likeness (QED) is 0.835. The lowest BCUT2D eigenvalue weighted by Crippen LogP contribution is -2.64. The predicted molar refractivity (Wildman–Crippen MR) is 80.6 cm³/mol. The Labute approximate surface area is 119 Å².